The second kappa shape index (κ2) is 6.06. The van der Waals surface area contributed by atoms with Crippen LogP contribution in [0.5, 0.6) is 0 Å². The third-order valence-corrected chi connectivity index (χ3v) is 3.43. The minimum absolute atomic E-state index is 0.632. The van der Waals surface area contributed by atoms with Crippen LogP contribution in [0.2, 0.25) is 0 Å². The summed E-state index contributed by atoms with van der Waals surface area (Å²) in [5.74, 6) is 0. The first-order chi connectivity index (χ1) is 10.8. The molecule has 0 aliphatic heterocycles. The average Bonchev–Trinajstić information content (AvgIpc) is 2.62. The van der Waals surface area contributed by atoms with Crippen molar-refractivity contribution >= 4 is 5.69 Å². The first kappa shape index (κ1) is 13.8. The van der Waals surface area contributed by atoms with Gasteiger partial charge >= 0.3 is 0 Å². The zero-order valence-electron chi connectivity index (χ0n) is 12.1. The molecule has 0 radical (unpaired) electrons. The molecule has 2 aromatic carbocycles. The molecule has 0 aliphatic rings. The second-order valence-electron chi connectivity index (χ2n) is 4.77. The maximum Gasteiger partial charge on any atom is 0.0991 e. The van der Waals surface area contributed by atoms with Crippen molar-refractivity contribution in [3.05, 3.63) is 66.5 Å². The van der Waals surface area contributed by atoms with Crippen LogP contribution in [0.3, 0.4) is 0 Å². The summed E-state index contributed by atoms with van der Waals surface area (Å²) in [4.78, 5) is 8.94. The summed E-state index contributed by atoms with van der Waals surface area (Å²) in [6.45, 7) is 0. The Morgan fingerprint density at radius 1 is 0.818 bits per heavy atom. The summed E-state index contributed by atoms with van der Waals surface area (Å²) in [7, 11) is 1.89. The van der Waals surface area contributed by atoms with Crippen LogP contribution in [0, 0.1) is 11.3 Å². The van der Waals surface area contributed by atoms with Gasteiger partial charge in [-0.1, -0.05) is 24.3 Å². The van der Waals surface area contributed by atoms with Gasteiger partial charge in [-0.3, -0.25) is 9.97 Å². The summed E-state index contributed by atoms with van der Waals surface area (Å²) in [5.41, 5.74) is 5.27. The number of nitrogens with one attached hydrogen (secondary N) is 1. The molecular formula is C18H14N4. The quantitative estimate of drug-likeness (QED) is 0.797. The predicted molar refractivity (Wildman–Crippen MR) is 87.2 cm³/mol. The average molecular weight is 286 g/mol. The molecule has 0 unspecified atom stereocenters. The van der Waals surface area contributed by atoms with Crippen LogP contribution in [0.1, 0.15) is 5.56 Å². The summed E-state index contributed by atoms with van der Waals surface area (Å²) in [6, 6.07) is 17.5. The molecule has 4 heteroatoms. The smallest absolute Gasteiger partial charge is 0.0991 e. The third-order valence-electron chi connectivity index (χ3n) is 3.43. The van der Waals surface area contributed by atoms with Crippen molar-refractivity contribution in [1.29, 1.82) is 5.26 Å². The fourth-order valence-electron chi connectivity index (χ4n) is 2.26. The lowest BCUT2D eigenvalue weighted by atomic mass is 10.0. The lowest BCUT2D eigenvalue weighted by Gasteiger charge is -2.08. The molecule has 0 saturated carbocycles. The van der Waals surface area contributed by atoms with E-state index in [4.69, 9.17) is 5.26 Å². The number of anilines is 1. The SMILES string of the molecule is CNc1ccc(-c2nccnc2-c2ccc(C#N)cc2)cc1. The van der Waals surface area contributed by atoms with Gasteiger partial charge in [0.1, 0.15) is 0 Å². The van der Waals surface area contributed by atoms with Gasteiger partial charge in [0.2, 0.25) is 0 Å². The number of nitriles is 1. The maximum absolute atomic E-state index is 8.90. The first-order valence-corrected chi connectivity index (χ1v) is 6.91. The van der Waals surface area contributed by atoms with Gasteiger partial charge in [0.15, 0.2) is 0 Å². The van der Waals surface area contributed by atoms with Crippen LogP contribution in [0.15, 0.2) is 60.9 Å². The molecule has 0 aliphatic carbocycles. The number of aromatic nitrogens is 2. The fourth-order valence-corrected chi connectivity index (χ4v) is 2.26. The Kier molecular flexibility index (Phi) is 3.80. The van der Waals surface area contributed by atoms with E-state index in [2.05, 4.69) is 21.4 Å². The van der Waals surface area contributed by atoms with Gasteiger partial charge in [-0.2, -0.15) is 5.26 Å². The van der Waals surface area contributed by atoms with Crippen LogP contribution in [-0.4, -0.2) is 17.0 Å². The van der Waals surface area contributed by atoms with Gasteiger partial charge in [-0.15, -0.1) is 0 Å². The summed E-state index contributed by atoms with van der Waals surface area (Å²) < 4.78 is 0. The summed E-state index contributed by atoms with van der Waals surface area (Å²) >= 11 is 0. The molecule has 0 atom stereocenters. The van der Waals surface area contributed by atoms with Gasteiger partial charge in [0.05, 0.1) is 23.0 Å². The van der Waals surface area contributed by atoms with Gasteiger partial charge in [-0.25, -0.2) is 0 Å². The highest BCUT2D eigenvalue weighted by Crippen LogP contribution is 2.29. The second-order valence-corrected chi connectivity index (χ2v) is 4.77. The van der Waals surface area contributed by atoms with E-state index in [1.807, 2.05) is 43.4 Å². The van der Waals surface area contributed by atoms with E-state index < -0.39 is 0 Å². The Labute approximate surface area is 129 Å². The number of hydrogen-bond acceptors (Lipinski definition) is 4. The molecule has 0 bridgehead atoms. The molecule has 0 fully saturated rings. The van der Waals surface area contributed by atoms with E-state index in [0.29, 0.717) is 5.56 Å². The molecule has 4 nitrogen and oxygen atoms in total. The van der Waals surface area contributed by atoms with Crippen molar-refractivity contribution < 1.29 is 0 Å². The Morgan fingerprint density at radius 2 is 1.32 bits per heavy atom. The van der Waals surface area contributed by atoms with Gasteiger partial charge in [-0.05, 0) is 24.3 Å². The van der Waals surface area contributed by atoms with E-state index in [1.165, 1.54) is 0 Å². The van der Waals surface area contributed by atoms with E-state index in [1.54, 1.807) is 24.5 Å². The number of rotatable bonds is 3. The number of hydrogen-bond donors (Lipinski definition) is 1. The van der Waals surface area contributed by atoms with Crippen molar-refractivity contribution in [2.45, 2.75) is 0 Å². The fraction of sp³-hybridized carbons (Fsp3) is 0.0556. The molecule has 1 N–H and O–H groups in total. The van der Waals surface area contributed by atoms with Crippen LogP contribution >= 0.6 is 0 Å². The summed E-state index contributed by atoms with van der Waals surface area (Å²) in [5, 5.41) is 12.0. The highest BCUT2D eigenvalue weighted by Gasteiger charge is 2.10. The Morgan fingerprint density at radius 3 is 1.77 bits per heavy atom. The highest BCUT2D eigenvalue weighted by atomic mass is 14.8. The van der Waals surface area contributed by atoms with E-state index in [9.17, 15) is 0 Å². The molecule has 0 spiro atoms. The zero-order valence-corrected chi connectivity index (χ0v) is 12.1. The zero-order chi connectivity index (χ0) is 15.4. The monoisotopic (exact) mass is 286 g/mol. The Balaban J connectivity index is 2.07. The van der Waals surface area contributed by atoms with E-state index in [-0.39, 0.29) is 0 Å². The third kappa shape index (κ3) is 2.65. The molecule has 1 aromatic heterocycles. The molecule has 3 aromatic rings. The summed E-state index contributed by atoms with van der Waals surface area (Å²) in [6.07, 6.45) is 3.37. The Bertz CT molecular complexity index is 815. The molecular weight excluding hydrogens is 272 g/mol. The molecule has 3 rings (SSSR count). The standard InChI is InChI=1S/C18H14N4/c1-20-16-8-6-15(7-9-16)18-17(21-10-11-22-18)14-4-2-13(12-19)3-5-14/h2-11,20H,1H3. The molecule has 0 saturated heterocycles. The van der Waals surface area contributed by atoms with Gasteiger partial charge < -0.3 is 5.32 Å². The van der Waals surface area contributed by atoms with Crippen LogP contribution in [0.25, 0.3) is 22.5 Å². The number of benzene rings is 2. The maximum atomic E-state index is 8.90. The van der Waals surface area contributed by atoms with Crippen molar-refractivity contribution in [3.63, 3.8) is 0 Å². The Hall–Kier alpha value is -3.19. The van der Waals surface area contributed by atoms with Gasteiger partial charge in [0, 0.05) is 36.3 Å². The van der Waals surface area contributed by atoms with Crippen molar-refractivity contribution in [1.82, 2.24) is 9.97 Å². The molecule has 0 amide bonds. The van der Waals surface area contributed by atoms with Crippen LogP contribution in [-0.2, 0) is 0 Å². The number of nitrogens with zero attached hydrogens (tertiary/aromatic N) is 3. The van der Waals surface area contributed by atoms with Crippen LogP contribution < -0.4 is 5.32 Å². The molecule has 1 heterocycles. The topological polar surface area (TPSA) is 61.6 Å². The van der Waals surface area contributed by atoms with Gasteiger partial charge in [0.25, 0.3) is 0 Å². The van der Waals surface area contributed by atoms with Crippen molar-refractivity contribution in [3.8, 4) is 28.6 Å². The minimum Gasteiger partial charge on any atom is -0.388 e. The lowest BCUT2D eigenvalue weighted by molar-refractivity contribution is 1.21. The highest BCUT2D eigenvalue weighted by molar-refractivity contribution is 5.78. The molecule has 22 heavy (non-hydrogen) atoms. The van der Waals surface area contributed by atoms with E-state index >= 15 is 0 Å². The van der Waals surface area contributed by atoms with E-state index in [0.717, 1.165) is 28.2 Å². The van der Waals surface area contributed by atoms with Crippen molar-refractivity contribution in [2.24, 2.45) is 0 Å². The molecule has 106 valence electrons. The largest absolute Gasteiger partial charge is 0.388 e. The minimum atomic E-state index is 0.632. The predicted octanol–water partition coefficient (Wildman–Crippen LogP) is 3.72. The van der Waals surface area contributed by atoms with Crippen molar-refractivity contribution in [2.75, 3.05) is 12.4 Å². The first-order valence-electron chi connectivity index (χ1n) is 6.91. The van der Waals surface area contributed by atoms with Crippen LogP contribution in [0.4, 0.5) is 5.69 Å². The normalized spacial score (nSPS) is 10.0. The lowest BCUT2D eigenvalue weighted by Crippen LogP contribution is -1.93.